The summed E-state index contributed by atoms with van der Waals surface area (Å²) in [6, 6.07) is 9.08. The van der Waals surface area contributed by atoms with E-state index in [2.05, 4.69) is 16.8 Å². The van der Waals surface area contributed by atoms with Gasteiger partial charge in [0.1, 0.15) is 5.52 Å². The summed E-state index contributed by atoms with van der Waals surface area (Å²) >= 11 is 0. The highest BCUT2D eigenvalue weighted by atomic mass is 16.4. The molecule has 96 valence electrons. The van der Waals surface area contributed by atoms with Crippen molar-refractivity contribution in [2.75, 3.05) is 11.4 Å². The Labute approximate surface area is 107 Å². The van der Waals surface area contributed by atoms with Gasteiger partial charge in [0.2, 0.25) is 0 Å². The molecule has 1 aromatic heterocycles. The molecular weight excluding hydrogens is 226 g/mol. The average Bonchev–Trinajstić information content (AvgIpc) is 2.82. The molecule has 1 aromatic carbocycles. The molecule has 4 nitrogen and oxygen atoms in total. The molecule has 0 amide bonds. The second-order valence-electron chi connectivity index (χ2n) is 5.08. The smallest absolute Gasteiger partial charge is 0.298 e. The average molecular weight is 245 g/mol. The third-order valence-electron chi connectivity index (χ3n) is 3.68. The number of nitrogens with two attached hydrogens (primary N) is 1. The van der Waals surface area contributed by atoms with E-state index < -0.39 is 0 Å². The quantitative estimate of drug-likeness (QED) is 0.883. The van der Waals surface area contributed by atoms with Gasteiger partial charge in [-0.2, -0.15) is 4.98 Å². The Kier molecular flexibility index (Phi) is 2.96. The number of anilines is 1. The van der Waals surface area contributed by atoms with Crippen molar-refractivity contribution in [3.8, 4) is 0 Å². The summed E-state index contributed by atoms with van der Waals surface area (Å²) in [5.41, 5.74) is 7.84. The Morgan fingerprint density at radius 1 is 1.39 bits per heavy atom. The minimum atomic E-state index is 0.139. The molecule has 2 atom stereocenters. The Bertz CT molecular complexity index is 502. The molecule has 1 fully saturated rings. The fourth-order valence-electron chi connectivity index (χ4n) is 2.72. The maximum Gasteiger partial charge on any atom is 0.298 e. The monoisotopic (exact) mass is 245 g/mol. The van der Waals surface area contributed by atoms with Gasteiger partial charge in [0, 0.05) is 18.6 Å². The van der Waals surface area contributed by atoms with Gasteiger partial charge in [-0.05, 0) is 38.3 Å². The topological polar surface area (TPSA) is 55.3 Å². The van der Waals surface area contributed by atoms with Crippen LogP contribution < -0.4 is 10.6 Å². The van der Waals surface area contributed by atoms with Crippen LogP contribution >= 0.6 is 0 Å². The SMILES string of the molecule is CC(N)C1CCCCN1c1nc2ccccc2o1. The van der Waals surface area contributed by atoms with Gasteiger partial charge in [0.15, 0.2) is 5.58 Å². The van der Waals surface area contributed by atoms with Crippen LogP contribution in [0.2, 0.25) is 0 Å². The maximum atomic E-state index is 6.08. The van der Waals surface area contributed by atoms with Crippen LogP contribution in [0.4, 0.5) is 6.01 Å². The normalized spacial score (nSPS) is 22.3. The highest BCUT2D eigenvalue weighted by Crippen LogP contribution is 2.28. The summed E-state index contributed by atoms with van der Waals surface area (Å²) in [5, 5.41) is 0. The van der Waals surface area contributed by atoms with Gasteiger partial charge in [-0.1, -0.05) is 12.1 Å². The zero-order chi connectivity index (χ0) is 12.5. The van der Waals surface area contributed by atoms with Crippen LogP contribution in [0.25, 0.3) is 11.1 Å². The van der Waals surface area contributed by atoms with Crippen molar-refractivity contribution < 1.29 is 4.42 Å². The van der Waals surface area contributed by atoms with Crippen LogP contribution in [0.15, 0.2) is 28.7 Å². The van der Waals surface area contributed by atoms with E-state index in [9.17, 15) is 0 Å². The van der Waals surface area contributed by atoms with Gasteiger partial charge in [-0.3, -0.25) is 0 Å². The molecule has 1 aliphatic rings. The number of fused-ring (bicyclic) bond motifs is 1. The number of benzene rings is 1. The number of hydrogen-bond donors (Lipinski definition) is 1. The van der Waals surface area contributed by atoms with Crippen molar-refractivity contribution in [1.82, 2.24) is 4.98 Å². The minimum absolute atomic E-state index is 0.139. The molecule has 0 bridgehead atoms. The molecule has 18 heavy (non-hydrogen) atoms. The molecule has 2 heterocycles. The molecule has 2 aromatic rings. The number of nitrogens with zero attached hydrogens (tertiary/aromatic N) is 2. The maximum absolute atomic E-state index is 6.08. The molecule has 0 spiro atoms. The summed E-state index contributed by atoms with van der Waals surface area (Å²) in [4.78, 5) is 6.80. The van der Waals surface area contributed by atoms with Gasteiger partial charge in [-0.25, -0.2) is 0 Å². The van der Waals surface area contributed by atoms with Crippen molar-refractivity contribution in [2.45, 2.75) is 38.3 Å². The molecule has 0 aliphatic carbocycles. The lowest BCUT2D eigenvalue weighted by Crippen LogP contribution is -2.49. The first kappa shape index (κ1) is 11.5. The van der Waals surface area contributed by atoms with E-state index in [0.29, 0.717) is 6.04 Å². The first-order valence-electron chi connectivity index (χ1n) is 6.63. The standard InChI is InChI=1S/C14H19N3O/c1-10(15)12-7-4-5-9-17(12)14-16-11-6-2-3-8-13(11)18-14/h2-3,6,8,10,12H,4-5,7,9,15H2,1H3. The lowest BCUT2D eigenvalue weighted by atomic mass is 9.97. The van der Waals surface area contributed by atoms with E-state index >= 15 is 0 Å². The minimum Gasteiger partial charge on any atom is -0.423 e. The third kappa shape index (κ3) is 1.97. The predicted molar refractivity (Wildman–Crippen MR) is 72.6 cm³/mol. The van der Waals surface area contributed by atoms with E-state index in [1.54, 1.807) is 0 Å². The lowest BCUT2D eigenvalue weighted by molar-refractivity contribution is 0.387. The van der Waals surface area contributed by atoms with Crippen molar-refractivity contribution in [3.63, 3.8) is 0 Å². The van der Waals surface area contributed by atoms with Gasteiger partial charge >= 0.3 is 0 Å². The molecule has 1 saturated heterocycles. The van der Waals surface area contributed by atoms with Crippen LogP contribution in [0.5, 0.6) is 0 Å². The zero-order valence-corrected chi connectivity index (χ0v) is 10.7. The van der Waals surface area contributed by atoms with Crippen molar-refractivity contribution in [3.05, 3.63) is 24.3 Å². The molecule has 2 N–H and O–H groups in total. The van der Waals surface area contributed by atoms with E-state index in [-0.39, 0.29) is 6.04 Å². The van der Waals surface area contributed by atoms with Crippen LogP contribution in [0.3, 0.4) is 0 Å². The summed E-state index contributed by atoms with van der Waals surface area (Å²) < 4.78 is 5.85. The number of aromatic nitrogens is 1. The fraction of sp³-hybridized carbons (Fsp3) is 0.500. The van der Waals surface area contributed by atoms with Gasteiger partial charge < -0.3 is 15.1 Å². The Balaban J connectivity index is 1.96. The van der Waals surface area contributed by atoms with Crippen LogP contribution in [-0.4, -0.2) is 23.6 Å². The highest BCUT2D eigenvalue weighted by molar-refractivity contribution is 5.74. The molecule has 0 saturated carbocycles. The first-order chi connectivity index (χ1) is 8.75. The molecule has 2 unspecified atom stereocenters. The molecule has 4 heteroatoms. The second kappa shape index (κ2) is 4.61. The fourth-order valence-corrected chi connectivity index (χ4v) is 2.72. The zero-order valence-electron chi connectivity index (χ0n) is 10.7. The van der Waals surface area contributed by atoms with E-state index in [1.807, 2.05) is 24.3 Å². The predicted octanol–water partition coefficient (Wildman–Crippen LogP) is 2.53. The van der Waals surface area contributed by atoms with E-state index in [4.69, 9.17) is 10.2 Å². The highest BCUT2D eigenvalue weighted by Gasteiger charge is 2.28. The first-order valence-corrected chi connectivity index (χ1v) is 6.63. The van der Waals surface area contributed by atoms with E-state index in [1.165, 1.54) is 12.8 Å². The lowest BCUT2D eigenvalue weighted by Gasteiger charge is -2.36. The molecule has 3 rings (SSSR count). The van der Waals surface area contributed by atoms with Gasteiger partial charge in [0.05, 0.1) is 0 Å². The van der Waals surface area contributed by atoms with Crippen molar-refractivity contribution >= 4 is 17.1 Å². The number of oxazole rings is 1. The summed E-state index contributed by atoms with van der Waals surface area (Å²) in [6.45, 7) is 3.05. The number of rotatable bonds is 2. The van der Waals surface area contributed by atoms with E-state index in [0.717, 1.165) is 30.1 Å². The number of para-hydroxylation sites is 2. The van der Waals surface area contributed by atoms with Crippen molar-refractivity contribution in [1.29, 1.82) is 0 Å². The third-order valence-corrected chi connectivity index (χ3v) is 3.68. The second-order valence-corrected chi connectivity index (χ2v) is 5.08. The molecule has 0 radical (unpaired) electrons. The summed E-state index contributed by atoms with van der Waals surface area (Å²) in [6.07, 6.45) is 3.54. The van der Waals surface area contributed by atoms with Gasteiger partial charge in [-0.15, -0.1) is 0 Å². The van der Waals surface area contributed by atoms with Crippen LogP contribution in [0, 0.1) is 0 Å². The van der Waals surface area contributed by atoms with Crippen LogP contribution in [-0.2, 0) is 0 Å². The molecular formula is C14H19N3O. The molecule has 1 aliphatic heterocycles. The Morgan fingerprint density at radius 3 is 3.00 bits per heavy atom. The van der Waals surface area contributed by atoms with Crippen LogP contribution in [0.1, 0.15) is 26.2 Å². The number of piperidine rings is 1. The Hall–Kier alpha value is -1.55. The largest absolute Gasteiger partial charge is 0.423 e. The van der Waals surface area contributed by atoms with Gasteiger partial charge in [0.25, 0.3) is 6.01 Å². The summed E-state index contributed by atoms with van der Waals surface area (Å²) in [5.74, 6) is 0. The summed E-state index contributed by atoms with van der Waals surface area (Å²) in [7, 11) is 0. The number of hydrogen-bond acceptors (Lipinski definition) is 4. The Morgan fingerprint density at radius 2 is 2.22 bits per heavy atom. The van der Waals surface area contributed by atoms with Crippen molar-refractivity contribution in [2.24, 2.45) is 5.73 Å².